The molecule has 1 N–H and O–H groups in total. The molecule has 0 saturated heterocycles. The van der Waals surface area contributed by atoms with Gasteiger partial charge in [-0.05, 0) is 12.0 Å². The lowest BCUT2D eigenvalue weighted by molar-refractivity contribution is -0.138. The van der Waals surface area contributed by atoms with Gasteiger partial charge in [0, 0.05) is 38.9 Å². The normalized spacial score (nSPS) is 25.6. The Bertz CT molecular complexity index is 736. The van der Waals surface area contributed by atoms with Crippen molar-refractivity contribution in [2.24, 2.45) is 5.92 Å². The van der Waals surface area contributed by atoms with Crippen LogP contribution in [-0.2, 0) is 23.8 Å². The van der Waals surface area contributed by atoms with Crippen LogP contribution < -0.4 is 5.32 Å². The quantitative estimate of drug-likeness (QED) is 0.760. The first-order valence-electron chi connectivity index (χ1n) is 10.4. The lowest BCUT2D eigenvalue weighted by Crippen LogP contribution is -2.50. The Kier molecular flexibility index (Phi) is 9.49. The highest BCUT2D eigenvalue weighted by molar-refractivity contribution is 5.97. The van der Waals surface area contributed by atoms with Crippen LogP contribution in [0.15, 0.2) is 36.4 Å². The second kappa shape index (κ2) is 11.8. The van der Waals surface area contributed by atoms with Gasteiger partial charge in [0.05, 0.1) is 13.2 Å². The minimum absolute atomic E-state index is 0.0106. The summed E-state index contributed by atoms with van der Waals surface area (Å²) in [6, 6.07) is 6.90. The number of benzene rings is 1. The minimum atomic E-state index is -0.590. The molecule has 1 aliphatic rings. The summed E-state index contributed by atoms with van der Waals surface area (Å²) >= 11 is 0. The van der Waals surface area contributed by atoms with Crippen LogP contribution in [0.4, 0.5) is 5.69 Å². The van der Waals surface area contributed by atoms with Gasteiger partial charge in [0.2, 0.25) is 11.8 Å². The molecule has 0 fully saturated rings. The summed E-state index contributed by atoms with van der Waals surface area (Å²) in [5, 5.41) is 3.04. The van der Waals surface area contributed by atoms with Gasteiger partial charge in [0.25, 0.3) is 0 Å². The molecule has 1 aromatic rings. The molecule has 0 bridgehead atoms. The summed E-state index contributed by atoms with van der Waals surface area (Å²) in [6.45, 7) is 6.55. The third-order valence-corrected chi connectivity index (χ3v) is 5.58. The summed E-state index contributed by atoms with van der Waals surface area (Å²) in [7, 11) is 3.22. The third kappa shape index (κ3) is 5.90. The van der Waals surface area contributed by atoms with Crippen molar-refractivity contribution in [3.8, 4) is 0 Å². The molecule has 1 heterocycles. The Morgan fingerprint density at radius 3 is 2.63 bits per heavy atom. The van der Waals surface area contributed by atoms with Crippen molar-refractivity contribution in [1.82, 2.24) is 4.90 Å². The highest BCUT2D eigenvalue weighted by Crippen LogP contribution is 2.30. The van der Waals surface area contributed by atoms with Crippen LogP contribution in [0.25, 0.3) is 0 Å². The molecule has 4 atom stereocenters. The zero-order valence-corrected chi connectivity index (χ0v) is 18.6. The largest absolute Gasteiger partial charge is 0.376 e. The summed E-state index contributed by atoms with van der Waals surface area (Å²) in [5.74, 6) is -0.364. The van der Waals surface area contributed by atoms with Crippen LogP contribution in [0.2, 0.25) is 0 Å². The van der Waals surface area contributed by atoms with E-state index in [4.69, 9.17) is 14.2 Å². The molecule has 1 aliphatic heterocycles. The van der Waals surface area contributed by atoms with E-state index in [9.17, 15) is 9.59 Å². The molecular weight excluding hydrogens is 384 g/mol. The van der Waals surface area contributed by atoms with E-state index in [0.717, 1.165) is 12.0 Å². The molecule has 0 aliphatic carbocycles. The first-order chi connectivity index (χ1) is 14.4. The van der Waals surface area contributed by atoms with Gasteiger partial charge in [-0.25, -0.2) is 0 Å². The van der Waals surface area contributed by atoms with Crippen LogP contribution in [0.5, 0.6) is 0 Å². The molecule has 1 aromatic carbocycles. The van der Waals surface area contributed by atoms with Crippen molar-refractivity contribution in [3.63, 3.8) is 0 Å². The van der Waals surface area contributed by atoms with Crippen LogP contribution in [0.3, 0.4) is 0 Å². The molecule has 0 aromatic heterocycles. The Balaban J connectivity index is 2.50. The summed E-state index contributed by atoms with van der Waals surface area (Å²) in [6.07, 6.45) is 3.71. The minimum Gasteiger partial charge on any atom is -0.376 e. The Hall–Kier alpha value is -2.22. The summed E-state index contributed by atoms with van der Waals surface area (Å²) in [5.41, 5.74) is 1.44. The number of hydrogen-bond acceptors (Lipinski definition) is 5. The van der Waals surface area contributed by atoms with Gasteiger partial charge in [-0.15, -0.1) is 0 Å². The number of hydrogen-bond donors (Lipinski definition) is 1. The molecule has 2 amide bonds. The van der Waals surface area contributed by atoms with Crippen LogP contribution >= 0.6 is 0 Å². The van der Waals surface area contributed by atoms with Gasteiger partial charge in [0.1, 0.15) is 18.2 Å². The number of ether oxygens (including phenoxy) is 3. The van der Waals surface area contributed by atoms with E-state index in [1.54, 1.807) is 19.1 Å². The van der Waals surface area contributed by atoms with Crippen LogP contribution in [0.1, 0.15) is 38.9 Å². The van der Waals surface area contributed by atoms with Gasteiger partial charge < -0.3 is 24.4 Å². The van der Waals surface area contributed by atoms with Gasteiger partial charge in [-0.1, -0.05) is 50.6 Å². The molecule has 0 unspecified atom stereocenters. The smallest absolute Gasteiger partial charge is 0.247 e. The third-order valence-electron chi connectivity index (χ3n) is 5.58. The maximum atomic E-state index is 13.4. The van der Waals surface area contributed by atoms with E-state index in [1.165, 1.54) is 6.92 Å². The standard InChI is InChI=1S/C23H34N2O5/c1-6-16(2)21-23(27)24-19-12-8-7-11-18(19)22(29-5)20(28-4)15-30-14-10-9-13-25(21)17(3)26/h7-12,16,20-22H,6,13-15H2,1-5H3,(H,24,27)/b10-9-/t16-,20-,21-,22-/m0/s1. The predicted molar refractivity (Wildman–Crippen MR) is 116 cm³/mol. The fraction of sp³-hybridized carbons (Fsp3) is 0.565. The first-order valence-corrected chi connectivity index (χ1v) is 10.4. The fourth-order valence-electron chi connectivity index (χ4n) is 3.70. The zero-order chi connectivity index (χ0) is 22.1. The van der Waals surface area contributed by atoms with Crippen molar-refractivity contribution in [1.29, 1.82) is 0 Å². The second-order valence-electron chi connectivity index (χ2n) is 7.52. The monoisotopic (exact) mass is 418 g/mol. The van der Waals surface area contributed by atoms with E-state index < -0.39 is 12.1 Å². The maximum absolute atomic E-state index is 13.4. The number of amides is 2. The van der Waals surface area contributed by atoms with Crippen molar-refractivity contribution in [3.05, 3.63) is 42.0 Å². The molecular formula is C23H34N2O5. The molecule has 30 heavy (non-hydrogen) atoms. The fourth-order valence-corrected chi connectivity index (χ4v) is 3.70. The van der Waals surface area contributed by atoms with E-state index in [1.807, 2.05) is 50.3 Å². The highest BCUT2D eigenvalue weighted by atomic mass is 16.6. The first kappa shape index (κ1) is 24.1. The zero-order valence-electron chi connectivity index (χ0n) is 18.6. The molecule has 2 rings (SSSR count). The van der Waals surface area contributed by atoms with E-state index in [-0.39, 0.29) is 23.8 Å². The topological polar surface area (TPSA) is 77.1 Å². The number of nitrogens with zero attached hydrogens (tertiary/aromatic N) is 1. The molecule has 7 heteroatoms. The number of rotatable bonds is 4. The number of anilines is 1. The van der Waals surface area contributed by atoms with E-state index in [0.29, 0.717) is 25.4 Å². The Morgan fingerprint density at radius 1 is 1.27 bits per heavy atom. The number of methoxy groups -OCH3 is 2. The predicted octanol–water partition coefficient (Wildman–Crippen LogP) is 3.18. The van der Waals surface area contributed by atoms with Crippen molar-refractivity contribution in [2.75, 3.05) is 39.3 Å². The summed E-state index contributed by atoms with van der Waals surface area (Å²) in [4.78, 5) is 27.4. The SMILES string of the molecule is CC[C@H](C)[C@H]1C(=O)Nc2ccccc2[C@H](OC)[C@@H](OC)COC/C=C\CN1C(C)=O. The van der Waals surface area contributed by atoms with Crippen LogP contribution in [0, 0.1) is 5.92 Å². The number of carbonyl (C=O) groups is 2. The van der Waals surface area contributed by atoms with E-state index in [2.05, 4.69) is 5.32 Å². The summed E-state index contributed by atoms with van der Waals surface area (Å²) < 4.78 is 17.1. The molecule has 7 nitrogen and oxygen atoms in total. The lowest BCUT2D eigenvalue weighted by Gasteiger charge is -2.34. The van der Waals surface area contributed by atoms with Gasteiger partial charge in [0.15, 0.2) is 0 Å². The maximum Gasteiger partial charge on any atom is 0.247 e. The number of carbonyl (C=O) groups excluding carboxylic acids is 2. The van der Waals surface area contributed by atoms with Gasteiger partial charge in [-0.3, -0.25) is 9.59 Å². The molecule has 0 saturated carbocycles. The van der Waals surface area contributed by atoms with Crippen LogP contribution in [-0.4, -0.2) is 62.8 Å². The van der Waals surface area contributed by atoms with Crippen molar-refractivity contribution in [2.45, 2.75) is 45.4 Å². The Labute approximate surface area is 179 Å². The average Bonchev–Trinajstić information content (AvgIpc) is 2.74. The molecule has 0 spiro atoms. The number of nitrogens with one attached hydrogen (secondary N) is 1. The average molecular weight is 419 g/mol. The highest BCUT2D eigenvalue weighted by Gasteiger charge is 2.33. The van der Waals surface area contributed by atoms with Crippen molar-refractivity contribution >= 4 is 17.5 Å². The van der Waals surface area contributed by atoms with Crippen molar-refractivity contribution < 1.29 is 23.8 Å². The lowest BCUT2D eigenvalue weighted by atomic mass is 9.95. The number of para-hydroxylation sites is 1. The van der Waals surface area contributed by atoms with Gasteiger partial charge >= 0.3 is 0 Å². The molecule has 166 valence electrons. The molecule has 0 radical (unpaired) electrons. The van der Waals surface area contributed by atoms with E-state index >= 15 is 0 Å². The Morgan fingerprint density at radius 2 is 2.00 bits per heavy atom. The number of fused-ring (bicyclic) bond motifs is 1. The van der Waals surface area contributed by atoms with Gasteiger partial charge in [-0.2, -0.15) is 0 Å². The second-order valence-corrected chi connectivity index (χ2v) is 7.52.